The van der Waals surface area contributed by atoms with Crippen LogP contribution < -0.4 is 16.8 Å². The highest BCUT2D eigenvalue weighted by Crippen LogP contribution is 2.37. The summed E-state index contributed by atoms with van der Waals surface area (Å²) < 4.78 is 0. The minimum atomic E-state index is -0.934. The van der Waals surface area contributed by atoms with Gasteiger partial charge in [0, 0.05) is 30.8 Å². The van der Waals surface area contributed by atoms with E-state index in [2.05, 4.69) is 34.5 Å². The summed E-state index contributed by atoms with van der Waals surface area (Å²) >= 11 is 0. The summed E-state index contributed by atoms with van der Waals surface area (Å²) in [6.07, 6.45) is 3.55. The van der Waals surface area contributed by atoms with Gasteiger partial charge in [0.25, 0.3) is 5.91 Å². The number of hydrogen-bond acceptors (Lipinski definition) is 4. The molecule has 0 bridgehead atoms. The lowest BCUT2D eigenvalue weighted by molar-refractivity contribution is -0.129. The van der Waals surface area contributed by atoms with Crippen LogP contribution in [0.3, 0.4) is 0 Å². The molecule has 2 aliphatic heterocycles. The number of hydrogen-bond donors (Lipinski definition) is 3. The summed E-state index contributed by atoms with van der Waals surface area (Å²) in [4.78, 5) is 26.2. The maximum atomic E-state index is 12.5. The second-order valence-corrected chi connectivity index (χ2v) is 7.88. The van der Waals surface area contributed by atoms with Crippen LogP contribution in [0.4, 0.5) is 5.69 Å². The van der Waals surface area contributed by atoms with Crippen molar-refractivity contribution in [3.8, 4) is 0 Å². The molecule has 0 saturated carbocycles. The first-order chi connectivity index (χ1) is 13.5. The molecule has 1 unspecified atom stereocenters. The van der Waals surface area contributed by atoms with Gasteiger partial charge in [-0.25, -0.2) is 0 Å². The van der Waals surface area contributed by atoms with Crippen molar-refractivity contribution < 1.29 is 9.59 Å². The Bertz CT molecular complexity index is 891. The molecule has 0 aliphatic carbocycles. The molecule has 1 fully saturated rings. The summed E-state index contributed by atoms with van der Waals surface area (Å²) in [6, 6.07) is 15.8. The molecule has 1 atom stereocenters. The third kappa shape index (κ3) is 3.36. The number of primary amides is 2. The highest BCUT2D eigenvalue weighted by Gasteiger charge is 2.48. The van der Waals surface area contributed by atoms with E-state index in [-0.39, 0.29) is 5.91 Å². The second-order valence-electron chi connectivity index (χ2n) is 7.88. The zero-order chi connectivity index (χ0) is 19.7. The van der Waals surface area contributed by atoms with Crippen LogP contribution in [0.1, 0.15) is 34.3 Å². The van der Waals surface area contributed by atoms with Crippen LogP contribution in [-0.4, -0.2) is 35.5 Å². The lowest BCUT2D eigenvalue weighted by Gasteiger charge is -2.43. The van der Waals surface area contributed by atoms with Crippen molar-refractivity contribution in [2.75, 3.05) is 18.4 Å². The lowest BCUT2D eigenvalue weighted by Crippen LogP contribution is -2.63. The Hall–Kier alpha value is -2.86. The lowest BCUT2D eigenvalue weighted by atomic mass is 9.88. The number of nitrogens with zero attached hydrogens (tertiary/aromatic N) is 1. The predicted octanol–water partition coefficient (Wildman–Crippen LogP) is 1.89. The summed E-state index contributed by atoms with van der Waals surface area (Å²) in [5, 5.41) is 3.35. The maximum Gasteiger partial charge on any atom is 0.258 e. The number of benzene rings is 2. The van der Waals surface area contributed by atoms with E-state index in [1.807, 2.05) is 12.1 Å². The quantitative estimate of drug-likeness (QED) is 0.739. The molecule has 0 spiro atoms. The van der Waals surface area contributed by atoms with Crippen molar-refractivity contribution in [1.82, 2.24) is 4.90 Å². The number of amides is 2. The fourth-order valence-electron chi connectivity index (χ4n) is 4.52. The topological polar surface area (TPSA) is 101 Å². The van der Waals surface area contributed by atoms with Gasteiger partial charge in [-0.15, -0.1) is 0 Å². The smallest absolute Gasteiger partial charge is 0.258 e. The first kappa shape index (κ1) is 18.5. The van der Waals surface area contributed by atoms with Gasteiger partial charge in [0.1, 0.15) is 0 Å². The third-order valence-corrected chi connectivity index (χ3v) is 6.11. The van der Waals surface area contributed by atoms with Gasteiger partial charge in [-0.2, -0.15) is 0 Å². The molecule has 2 aromatic carbocycles. The van der Waals surface area contributed by atoms with E-state index in [4.69, 9.17) is 11.5 Å². The van der Waals surface area contributed by atoms with Crippen molar-refractivity contribution in [2.45, 2.75) is 31.3 Å². The van der Waals surface area contributed by atoms with Gasteiger partial charge in [0.05, 0.1) is 0 Å². The predicted molar refractivity (Wildman–Crippen MR) is 109 cm³/mol. The van der Waals surface area contributed by atoms with Crippen LogP contribution in [-0.2, 0) is 17.6 Å². The molecule has 2 aromatic rings. The average Bonchev–Trinajstić information content (AvgIpc) is 3.09. The van der Waals surface area contributed by atoms with Crippen molar-refractivity contribution in [3.05, 3.63) is 65.2 Å². The van der Waals surface area contributed by atoms with E-state index < -0.39 is 11.6 Å². The van der Waals surface area contributed by atoms with E-state index in [1.54, 1.807) is 12.1 Å². The molecule has 5 N–H and O–H groups in total. The van der Waals surface area contributed by atoms with Crippen molar-refractivity contribution >= 4 is 17.5 Å². The monoisotopic (exact) mass is 378 g/mol. The number of piperidine rings is 1. The fraction of sp³-hybridized carbons (Fsp3) is 0.364. The highest BCUT2D eigenvalue weighted by molar-refractivity contribution is 5.95. The number of nitrogens with one attached hydrogen (secondary N) is 1. The van der Waals surface area contributed by atoms with Crippen LogP contribution in [0.2, 0.25) is 0 Å². The molecule has 2 aliphatic rings. The molecule has 2 heterocycles. The molecule has 0 radical (unpaired) electrons. The Morgan fingerprint density at radius 1 is 1.07 bits per heavy atom. The normalized spacial score (nSPS) is 22.4. The SMILES string of the molecule is NC(=O)c1ccc2c(c1)CC(C(N)=O)(N1CCC(Cc3ccccc3)CC1)N2. The zero-order valence-corrected chi connectivity index (χ0v) is 15.9. The molecule has 1 saturated heterocycles. The average molecular weight is 378 g/mol. The third-order valence-electron chi connectivity index (χ3n) is 6.11. The number of likely N-dealkylation sites (tertiary alicyclic amines) is 1. The van der Waals surface area contributed by atoms with Crippen LogP contribution in [0.5, 0.6) is 0 Å². The molecular weight excluding hydrogens is 352 g/mol. The van der Waals surface area contributed by atoms with E-state index in [0.29, 0.717) is 17.9 Å². The Morgan fingerprint density at radius 2 is 1.79 bits per heavy atom. The zero-order valence-electron chi connectivity index (χ0n) is 15.9. The molecular formula is C22H26N4O2. The molecule has 6 nitrogen and oxygen atoms in total. The summed E-state index contributed by atoms with van der Waals surface area (Å²) in [7, 11) is 0. The number of fused-ring (bicyclic) bond motifs is 1. The van der Waals surface area contributed by atoms with Gasteiger partial charge >= 0.3 is 0 Å². The van der Waals surface area contributed by atoms with E-state index in [9.17, 15) is 9.59 Å². The maximum absolute atomic E-state index is 12.5. The standard InChI is InChI=1S/C22H26N4O2/c23-20(27)17-6-7-19-18(13-17)14-22(25-19,21(24)28)26-10-8-16(9-11-26)12-15-4-2-1-3-5-15/h1-7,13,16,25H,8-12,14H2,(H2,23,27)(H2,24,28). The van der Waals surface area contributed by atoms with E-state index in [0.717, 1.165) is 43.6 Å². The summed E-state index contributed by atoms with van der Waals surface area (Å²) in [5.41, 5.74) is 13.9. The second kappa shape index (κ2) is 7.28. The highest BCUT2D eigenvalue weighted by atomic mass is 16.2. The molecule has 2 amide bonds. The molecule has 28 heavy (non-hydrogen) atoms. The number of rotatable bonds is 5. The minimum Gasteiger partial charge on any atom is -0.366 e. The van der Waals surface area contributed by atoms with Crippen molar-refractivity contribution in [3.63, 3.8) is 0 Å². The van der Waals surface area contributed by atoms with Gasteiger partial charge in [0.15, 0.2) is 5.66 Å². The van der Waals surface area contributed by atoms with Crippen LogP contribution in [0.25, 0.3) is 0 Å². The first-order valence-electron chi connectivity index (χ1n) is 9.78. The molecule has 146 valence electrons. The van der Waals surface area contributed by atoms with E-state index >= 15 is 0 Å². The number of anilines is 1. The molecule has 6 heteroatoms. The number of carbonyl (C=O) groups is 2. The van der Waals surface area contributed by atoms with Crippen molar-refractivity contribution in [2.24, 2.45) is 17.4 Å². The number of nitrogens with two attached hydrogens (primary N) is 2. The summed E-state index contributed by atoms with van der Waals surface area (Å²) in [6.45, 7) is 1.62. The first-order valence-corrected chi connectivity index (χ1v) is 9.78. The Morgan fingerprint density at radius 3 is 2.43 bits per heavy atom. The van der Waals surface area contributed by atoms with E-state index in [1.165, 1.54) is 5.56 Å². The minimum absolute atomic E-state index is 0.383. The Kier molecular flexibility index (Phi) is 4.81. The molecule has 0 aromatic heterocycles. The van der Waals surface area contributed by atoms with Gasteiger partial charge < -0.3 is 16.8 Å². The van der Waals surface area contributed by atoms with Crippen LogP contribution in [0, 0.1) is 5.92 Å². The van der Waals surface area contributed by atoms with Gasteiger partial charge in [-0.05, 0) is 54.5 Å². The van der Waals surface area contributed by atoms with Crippen LogP contribution in [0.15, 0.2) is 48.5 Å². The van der Waals surface area contributed by atoms with Gasteiger partial charge in [-0.3, -0.25) is 14.5 Å². The van der Waals surface area contributed by atoms with Gasteiger partial charge in [-0.1, -0.05) is 30.3 Å². The fourth-order valence-corrected chi connectivity index (χ4v) is 4.52. The Labute approximate surface area is 164 Å². The van der Waals surface area contributed by atoms with Gasteiger partial charge in [0.2, 0.25) is 5.91 Å². The van der Waals surface area contributed by atoms with Crippen molar-refractivity contribution in [1.29, 1.82) is 0 Å². The Balaban J connectivity index is 1.48. The van der Waals surface area contributed by atoms with Crippen LogP contribution >= 0.6 is 0 Å². The summed E-state index contributed by atoms with van der Waals surface area (Å²) in [5.74, 6) is -0.249. The largest absolute Gasteiger partial charge is 0.366 e. The molecule has 4 rings (SSSR count). The number of carbonyl (C=O) groups excluding carboxylic acids is 2.